The Morgan fingerprint density at radius 2 is 1.56 bits per heavy atom. The highest BCUT2D eigenvalue weighted by Crippen LogP contribution is 2.17. The number of hydrogen-bond donors (Lipinski definition) is 1. The quantitative estimate of drug-likeness (QED) is 0.708. The van der Waals surface area contributed by atoms with E-state index in [-0.39, 0.29) is 0 Å². The predicted octanol–water partition coefficient (Wildman–Crippen LogP) is 3.96. The molecular weight excluding hydrogens is 194 g/mol. The van der Waals surface area contributed by atoms with Crippen LogP contribution in [0.1, 0.15) is 25.0 Å². The molecular formula is C15H21N. The molecule has 0 saturated heterocycles. The van der Waals surface area contributed by atoms with Crippen LogP contribution in [-0.4, -0.2) is 6.04 Å². The van der Waals surface area contributed by atoms with Gasteiger partial charge in [-0.2, -0.15) is 0 Å². The third-order valence-corrected chi connectivity index (χ3v) is 2.27. The van der Waals surface area contributed by atoms with Gasteiger partial charge in [-0.15, -0.1) is 13.2 Å². The molecule has 0 saturated carbocycles. The van der Waals surface area contributed by atoms with Gasteiger partial charge < -0.3 is 5.32 Å². The van der Waals surface area contributed by atoms with Crippen LogP contribution in [0.4, 0.5) is 5.69 Å². The van der Waals surface area contributed by atoms with Gasteiger partial charge in [-0.25, -0.2) is 0 Å². The lowest BCUT2D eigenvalue weighted by Crippen LogP contribution is -2.10. The molecule has 0 unspecified atom stereocenters. The minimum atomic E-state index is 0.454. The second kappa shape index (κ2) is 6.16. The molecule has 0 spiro atoms. The fourth-order valence-electron chi connectivity index (χ4n) is 1.75. The van der Waals surface area contributed by atoms with E-state index in [4.69, 9.17) is 0 Å². The summed E-state index contributed by atoms with van der Waals surface area (Å²) in [5, 5.41) is 3.43. The van der Waals surface area contributed by atoms with Crippen molar-refractivity contribution in [3.05, 3.63) is 54.6 Å². The van der Waals surface area contributed by atoms with E-state index in [9.17, 15) is 0 Å². The maximum Gasteiger partial charge on any atom is 0.0347 e. The third-order valence-electron chi connectivity index (χ3n) is 2.27. The molecule has 0 radical (unpaired) electrons. The van der Waals surface area contributed by atoms with Gasteiger partial charge in [0.25, 0.3) is 0 Å². The van der Waals surface area contributed by atoms with Crippen molar-refractivity contribution < 1.29 is 0 Å². The monoisotopic (exact) mass is 215 g/mol. The van der Waals surface area contributed by atoms with Gasteiger partial charge in [0.05, 0.1) is 0 Å². The van der Waals surface area contributed by atoms with E-state index in [1.807, 2.05) is 12.2 Å². The molecule has 0 fully saturated rings. The Morgan fingerprint density at radius 3 is 1.94 bits per heavy atom. The molecule has 1 nitrogen and oxygen atoms in total. The van der Waals surface area contributed by atoms with Crippen LogP contribution in [0.25, 0.3) is 0 Å². The lowest BCUT2D eigenvalue weighted by molar-refractivity contribution is 0.898. The first-order valence-electron chi connectivity index (χ1n) is 5.77. The van der Waals surface area contributed by atoms with Gasteiger partial charge in [0.15, 0.2) is 0 Å². The second-order valence-corrected chi connectivity index (χ2v) is 4.32. The zero-order valence-electron chi connectivity index (χ0n) is 10.3. The fraction of sp³-hybridized carbons (Fsp3) is 0.333. The first kappa shape index (κ1) is 12.6. The summed E-state index contributed by atoms with van der Waals surface area (Å²) in [6.45, 7) is 11.9. The van der Waals surface area contributed by atoms with E-state index >= 15 is 0 Å². The highest BCUT2D eigenvalue weighted by molar-refractivity contribution is 5.50. The number of allylic oxidation sites excluding steroid dienone is 2. The van der Waals surface area contributed by atoms with Crippen molar-refractivity contribution in [1.82, 2.24) is 0 Å². The van der Waals surface area contributed by atoms with Crippen molar-refractivity contribution in [3.8, 4) is 0 Å². The summed E-state index contributed by atoms with van der Waals surface area (Å²) in [4.78, 5) is 0. The molecule has 16 heavy (non-hydrogen) atoms. The summed E-state index contributed by atoms with van der Waals surface area (Å²) >= 11 is 0. The van der Waals surface area contributed by atoms with Crippen LogP contribution < -0.4 is 5.32 Å². The summed E-state index contributed by atoms with van der Waals surface area (Å²) in [6.07, 6.45) is 5.70. The van der Waals surface area contributed by atoms with Crippen molar-refractivity contribution in [2.45, 2.75) is 32.7 Å². The molecule has 1 aromatic carbocycles. The Hall–Kier alpha value is -1.50. The molecule has 0 heterocycles. The maximum atomic E-state index is 3.78. The van der Waals surface area contributed by atoms with Gasteiger partial charge in [0.2, 0.25) is 0 Å². The Labute approximate surface area is 98.9 Å². The minimum Gasteiger partial charge on any atom is -0.383 e. The standard InChI is InChI=1S/C15H21N/c1-5-7-13-9-14(8-6-2)11-15(10-13)16-12(3)4/h5-6,9-12,16H,1-2,7-8H2,3-4H3. The molecule has 0 aliphatic carbocycles. The van der Waals surface area contributed by atoms with Crippen LogP contribution in [0.5, 0.6) is 0 Å². The van der Waals surface area contributed by atoms with Gasteiger partial charge >= 0.3 is 0 Å². The molecule has 1 aromatic rings. The predicted molar refractivity (Wildman–Crippen MR) is 73.0 cm³/mol. The van der Waals surface area contributed by atoms with E-state index in [1.165, 1.54) is 16.8 Å². The first-order valence-corrected chi connectivity index (χ1v) is 5.77. The number of benzene rings is 1. The van der Waals surface area contributed by atoms with Gasteiger partial charge in [0.1, 0.15) is 0 Å². The zero-order chi connectivity index (χ0) is 12.0. The highest BCUT2D eigenvalue weighted by Gasteiger charge is 2.01. The number of rotatable bonds is 6. The smallest absolute Gasteiger partial charge is 0.0347 e. The van der Waals surface area contributed by atoms with Crippen LogP contribution in [-0.2, 0) is 12.8 Å². The first-order chi connectivity index (χ1) is 7.65. The van der Waals surface area contributed by atoms with Crippen LogP contribution in [0.3, 0.4) is 0 Å². The number of hydrogen-bond acceptors (Lipinski definition) is 1. The van der Waals surface area contributed by atoms with Gasteiger partial charge in [-0.1, -0.05) is 18.2 Å². The number of anilines is 1. The Morgan fingerprint density at radius 1 is 1.06 bits per heavy atom. The van der Waals surface area contributed by atoms with Crippen LogP contribution in [0.15, 0.2) is 43.5 Å². The lowest BCUT2D eigenvalue weighted by Gasteiger charge is -2.13. The summed E-state index contributed by atoms with van der Waals surface area (Å²) < 4.78 is 0. The summed E-state index contributed by atoms with van der Waals surface area (Å²) in [5.41, 5.74) is 3.79. The molecule has 0 bridgehead atoms. The van der Waals surface area contributed by atoms with E-state index in [2.05, 4.69) is 50.5 Å². The van der Waals surface area contributed by atoms with Crippen molar-refractivity contribution in [2.75, 3.05) is 5.32 Å². The molecule has 0 aliphatic rings. The van der Waals surface area contributed by atoms with E-state index in [0.29, 0.717) is 6.04 Å². The van der Waals surface area contributed by atoms with Crippen LogP contribution in [0, 0.1) is 0 Å². The Kier molecular flexibility index (Phi) is 4.84. The Bertz CT molecular complexity index is 335. The van der Waals surface area contributed by atoms with E-state index < -0.39 is 0 Å². The van der Waals surface area contributed by atoms with Crippen LogP contribution in [0.2, 0.25) is 0 Å². The van der Waals surface area contributed by atoms with E-state index in [1.54, 1.807) is 0 Å². The van der Waals surface area contributed by atoms with Crippen molar-refractivity contribution >= 4 is 5.69 Å². The molecule has 0 aromatic heterocycles. The summed E-state index contributed by atoms with van der Waals surface area (Å²) in [7, 11) is 0. The van der Waals surface area contributed by atoms with Gasteiger partial charge in [-0.3, -0.25) is 0 Å². The van der Waals surface area contributed by atoms with Crippen LogP contribution >= 0.6 is 0 Å². The van der Waals surface area contributed by atoms with Crippen molar-refractivity contribution in [2.24, 2.45) is 0 Å². The van der Waals surface area contributed by atoms with Crippen molar-refractivity contribution in [1.29, 1.82) is 0 Å². The SMILES string of the molecule is C=CCc1cc(CC=C)cc(NC(C)C)c1. The van der Waals surface area contributed by atoms with E-state index in [0.717, 1.165) is 12.8 Å². The molecule has 1 N–H and O–H groups in total. The van der Waals surface area contributed by atoms with Gasteiger partial charge in [-0.05, 0) is 49.9 Å². The average Bonchev–Trinajstić information content (AvgIpc) is 2.17. The minimum absolute atomic E-state index is 0.454. The normalized spacial score (nSPS) is 10.2. The third kappa shape index (κ3) is 3.93. The number of nitrogens with one attached hydrogen (secondary N) is 1. The second-order valence-electron chi connectivity index (χ2n) is 4.32. The topological polar surface area (TPSA) is 12.0 Å². The molecule has 1 heteroatoms. The maximum absolute atomic E-state index is 3.78. The molecule has 86 valence electrons. The molecule has 1 rings (SSSR count). The average molecular weight is 215 g/mol. The highest BCUT2D eigenvalue weighted by atomic mass is 14.9. The fourth-order valence-corrected chi connectivity index (χ4v) is 1.75. The van der Waals surface area contributed by atoms with Gasteiger partial charge in [0, 0.05) is 11.7 Å². The van der Waals surface area contributed by atoms with Crippen molar-refractivity contribution in [3.63, 3.8) is 0 Å². The summed E-state index contributed by atoms with van der Waals surface area (Å²) in [6, 6.07) is 7.05. The molecule has 0 atom stereocenters. The Balaban J connectivity index is 2.97. The zero-order valence-corrected chi connectivity index (χ0v) is 10.3. The molecule has 0 amide bonds. The molecule has 0 aliphatic heterocycles. The summed E-state index contributed by atoms with van der Waals surface area (Å²) in [5.74, 6) is 0. The largest absolute Gasteiger partial charge is 0.383 e. The lowest BCUT2D eigenvalue weighted by atomic mass is 10.0.